The molecule has 34 heavy (non-hydrogen) atoms. The standard InChI is InChI=1S/C24H23N3O7/c1-15-13-16(6-8-18(15)23(29)30)33-11-2-3-12-34-17-7-9-19(24(31)32)21(14-17)26-22(28)20-5-4-10-25-27-20/h4-10,13-14H,2-3,11-12H2,1H3,(H,26,28)(H,29,30)(H,31,32). The summed E-state index contributed by atoms with van der Waals surface area (Å²) in [5.74, 6) is -1.76. The minimum atomic E-state index is -1.19. The fourth-order valence-corrected chi connectivity index (χ4v) is 3.06. The molecule has 176 valence electrons. The number of aromatic carboxylic acids is 2. The molecule has 0 unspecified atom stereocenters. The Hall–Kier alpha value is -4.47. The smallest absolute Gasteiger partial charge is 0.337 e. The first-order valence-electron chi connectivity index (χ1n) is 10.4. The van der Waals surface area contributed by atoms with Crippen molar-refractivity contribution in [2.45, 2.75) is 19.8 Å². The molecular weight excluding hydrogens is 442 g/mol. The SMILES string of the molecule is Cc1cc(OCCCCOc2ccc(C(=O)O)c(NC(=O)c3cccnn3)c2)ccc1C(=O)O. The first-order valence-corrected chi connectivity index (χ1v) is 10.4. The maximum atomic E-state index is 12.3. The van der Waals surface area contributed by atoms with Gasteiger partial charge < -0.3 is 25.0 Å². The maximum Gasteiger partial charge on any atom is 0.337 e. The molecule has 3 aromatic rings. The number of nitrogens with zero attached hydrogens (tertiary/aromatic N) is 2. The fraction of sp³-hybridized carbons (Fsp3) is 0.208. The summed E-state index contributed by atoms with van der Waals surface area (Å²) in [5.41, 5.74) is 0.923. The van der Waals surface area contributed by atoms with Crippen molar-refractivity contribution in [1.29, 1.82) is 0 Å². The van der Waals surface area contributed by atoms with Gasteiger partial charge in [-0.15, -0.1) is 5.10 Å². The third kappa shape index (κ3) is 6.52. The Morgan fingerprint density at radius 2 is 1.50 bits per heavy atom. The molecule has 0 aliphatic heterocycles. The van der Waals surface area contributed by atoms with Crippen LogP contribution in [-0.2, 0) is 0 Å². The van der Waals surface area contributed by atoms with Gasteiger partial charge in [0.2, 0.25) is 0 Å². The van der Waals surface area contributed by atoms with E-state index >= 15 is 0 Å². The molecule has 0 saturated heterocycles. The van der Waals surface area contributed by atoms with Gasteiger partial charge in [-0.25, -0.2) is 9.59 Å². The molecule has 0 atom stereocenters. The Morgan fingerprint density at radius 1 is 0.882 bits per heavy atom. The lowest BCUT2D eigenvalue weighted by molar-refractivity contribution is 0.0686. The molecule has 3 rings (SSSR count). The number of benzene rings is 2. The second kappa shape index (κ2) is 11.4. The topological polar surface area (TPSA) is 148 Å². The lowest BCUT2D eigenvalue weighted by atomic mass is 10.1. The molecule has 0 radical (unpaired) electrons. The summed E-state index contributed by atoms with van der Waals surface area (Å²) in [6.07, 6.45) is 2.77. The van der Waals surface area contributed by atoms with Gasteiger partial charge in [0.05, 0.1) is 30.0 Å². The lowest BCUT2D eigenvalue weighted by Crippen LogP contribution is -2.16. The number of aryl methyl sites for hydroxylation is 1. The van der Waals surface area contributed by atoms with Gasteiger partial charge in [-0.1, -0.05) is 0 Å². The molecule has 1 aromatic heterocycles. The van der Waals surface area contributed by atoms with Crippen LogP contribution in [0.4, 0.5) is 5.69 Å². The highest BCUT2D eigenvalue weighted by Gasteiger charge is 2.16. The Kier molecular flexibility index (Phi) is 8.11. The van der Waals surface area contributed by atoms with E-state index in [0.717, 1.165) is 0 Å². The van der Waals surface area contributed by atoms with E-state index in [9.17, 15) is 19.5 Å². The van der Waals surface area contributed by atoms with Crippen molar-refractivity contribution in [3.05, 3.63) is 77.1 Å². The van der Waals surface area contributed by atoms with E-state index in [1.807, 2.05) is 0 Å². The van der Waals surface area contributed by atoms with E-state index in [1.165, 1.54) is 36.5 Å². The number of carbonyl (C=O) groups excluding carboxylic acids is 1. The number of nitrogens with one attached hydrogen (secondary N) is 1. The summed E-state index contributed by atoms with van der Waals surface area (Å²) in [6, 6.07) is 12.1. The van der Waals surface area contributed by atoms with Crippen molar-refractivity contribution < 1.29 is 34.1 Å². The zero-order chi connectivity index (χ0) is 24.5. The van der Waals surface area contributed by atoms with Crippen LogP contribution in [0.15, 0.2) is 54.7 Å². The molecule has 1 heterocycles. The second-order valence-corrected chi connectivity index (χ2v) is 7.26. The molecule has 0 aliphatic carbocycles. The summed E-state index contributed by atoms with van der Waals surface area (Å²) < 4.78 is 11.3. The normalized spacial score (nSPS) is 10.4. The Morgan fingerprint density at radius 3 is 2.06 bits per heavy atom. The van der Waals surface area contributed by atoms with E-state index in [4.69, 9.17) is 14.6 Å². The van der Waals surface area contributed by atoms with Crippen molar-refractivity contribution in [3.63, 3.8) is 0 Å². The molecule has 0 spiro atoms. The van der Waals surface area contributed by atoms with Crippen LogP contribution in [0.1, 0.15) is 49.6 Å². The number of carboxylic acids is 2. The van der Waals surface area contributed by atoms with Crippen LogP contribution in [0, 0.1) is 6.92 Å². The molecule has 10 heteroatoms. The van der Waals surface area contributed by atoms with Gasteiger partial charge in [0.25, 0.3) is 5.91 Å². The van der Waals surface area contributed by atoms with Crippen LogP contribution < -0.4 is 14.8 Å². The van der Waals surface area contributed by atoms with Crippen LogP contribution in [0.2, 0.25) is 0 Å². The molecule has 2 aromatic carbocycles. The van der Waals surface area contributed by atoms with E-state index in [0.29, 0.717) is 43.1 Å². The van der Waals surface area contributed by atoms with Crippen molar-refractivity contribution in [1.82, 2.24) is 10.2 Å². The zero-order valence-electron chi connectivity index (χ0n) is 18.4. The van der Waals surface area contributed by atoms with E-state index < -0.39 is 17.8 Å². The second-order valence-electron chi connectivity index (χ2n) is 7.26. The van der Waals surface area contributed by atoms with E-state index in [1.54, 1.807) is 25.1 Å². The number of carboxylic acid groups (broad SMARTS) is 2. The maximum absolute atomic E-state index is 12.3. The predicted molar refractivity (Wildman–Crippen MR) is 122 cm³/mol. The Bertz CT molecular complexity index is 1180. The number of amides is 1. The van der Waals surface area contributed by atoms with Gasteiger partial charge in [0.1, 0.15) is 11.5 Å². The average Bonchev–Trinajstić information content (AvgIpc) is 2.81. The predicted octanol–water partition coefficient (Wildman–Crippen LogP) is 3.67. The number of carbonyl (C=O) groups is 3. The number of anilines is 1. The summed E-state index contributed by atoms with van der Waals surface area (Å²) in [6.45, 7) is 2.49. The van der Waals surface area contributed by atoms with Gasteiger partial charge in [-0.3, -0.25) is 4.79 Å². The zero-order valence-corrected chi connectivity index (χ0v) is 18.4. The molecule has 3 N–H and O–H groups in total. The van der Waals surface area contributed by atoms with Crippen LogP contribution in [-0.4, -0.2) is 51.5 Å². The molecule has 0 fully saturated rings. The van der Waals surface area contributed by atoms with Crippen LogP contribution in [0.25, 0.3) is 0 Å². The average molecular weight is 465 g/mol. The Balaban J connectivity index is 1.50. The van der Waals surface area contributed by atoms with Gasteiger partial charge in [-0.05, 0) is 67.8 Å². The fourth-order valence-electron chi connectivity index (χ4n) is 3.06. The third-order valence-corrected chi connectivity index (χ3v) is 4.78. The van der Waals surface area contributed by atoms with Gasteiger partial charge in [0.15, 0.2) is 5.69 Å². The summed E-state index contributed by atoms with van der Waals surface area (Å²) in [5, 5.41) is 28.4. The first-order chi connectivity index (χ1) is 16.3. The summed E-state index contributed by atoms with van der Waals surface area (Å²) >= 11 is 0. The van der Waals surface area contributed by atoms with Gasteiger partial charge >= 0.3 is 11.9 Å². The number of rotatable bonds is 11. The van der Waals surface area contributed by atoms with Gasteiger partial charge in [-0.2, -0.15) is 5.10 Å². The minimum Gasteiger partial charge on any atom is -0.494 e. The highest BCUT2D eigenvalue weighted by atomic mass is 16.5. The monoisotopic (exact) mass is 465 g/mol. The van der Waals surface area contributed by atoms with Crippen LogP contribution in [0.3, 0.4) is 0 Å². The third-order valence-electron chi connectivity index (χ3n) is 4.78. The van der Waals surface area contributed by atoms with Crippen molar-refractivity contribution in [2.24, 2.45) is 0 Å². The summed E-state index contributed by atoms with van der Waals surface area (Å²) in [7, 11) is 0. The number of unbranched alkanes of at least 4 members (excludes halogenated alkanes) is 1. The highest BCUT2D eigenvalue weighted by molar-refractivity contribution is 6.06. The van der Waals surface area contributed by atoms with E-state index in [2.05, 4.69) is 15.5 Å². The number of hydrogen-bond acceptors (Lipinski definition) is 7. The van der Waals surface area contributed by atoms with Crippen LogP contribution in [0.5, 0.6) is 11.5 Å². The Labute approximate surface area is 195 Å². The summed E-state index contributed by atoms with van der Waals surface area (Å²) in [4.78, 5) is 34.9. The molecule has 0 bridgehead atoms. The number of aromatic nitrogens is 2. The highest BCUT2D eigenvalue weighted by Crippen LogP contribution is 2.24. The van der Waals surface area contributed by atoms with Crippen molar-refractivity contribution >= 4 is 23.5 Å². The molecular formula is C24H23N3O7. The van der Waals surface area contributed by atoms with Crippen LogP contribution >= 0.6 is 0 Å². The molecule has 0 saturated carbocycles. The largest absolute Gasteiger partial charge is 0.494 e. The number of ether oxygens (including phenoxy) is 2. The molecule has 10 nitrogen and oxygen atoms in total. The van der Waals surface area contributed by atoms with E-state index in [-0.39, 0.29) is 22.5 Å². The van der Waals surface area contributed by atoms with Crippen molar-refractivity contribution in [2.75, 3.05) is 18.5 Å². The molecule has 1 amide bonds. The van der Waals surface area contributed by atoms with Gasteiger partial charge in [0, 0.05) is 12.3 Å². The minimum absolute atomic E-state index is 0.0537. The molecule has 0 aliphatic rings. The number of hydrogen-bond donors (Lipinski definition) is 3. The lowest BCUT2D eigenvalue weighted by Gasteiger charge is -2.12. The van der Waals surface area contributed by atoms with Crippen molar-refractivity contribution in [3.8, 4) is 11.5 Å². The quantitative estimate of drug-likeness (QED) is 0.361. The first kappa shape index (κ1) is 24.2.